The lowest BCUT2D eigenvalue weighted by Crippen LogP contribution is -1.97. The van der Waals surface area contributed by atoms with Crippen LogP contribution in [0.25, 0.3) is 0 Å². The molecule has 2 aromatic rings. The Hall–Kier alpha value is -1.96. The van der Waals surface area contributed by atoms with E-state index in [9.17, 15) is 4.79 Å². The maximum Gasteiger partial charge on any atom is 0.335 e. The number of hydrogen-bond donors (Lipinski definition) is 2. The summed E-state index contributed by atoms with van der Waals surface area (Å²) in [5.41, 5.74) is 2.00. The predicted molar refractivity (Wildman–Crippen MR) is 71.7 cm³/mol. The molecule has 2 N–H and O–H groups in total. The Kier molecular flexibility index (Phi) is 3.79. The van der Waals surface area contributed by atoms with Crippen molar-refractivity contribution < 1.29 is 9.90 Å². The first-order valence-corrected chi connectivity index (χ1v) is 6.06. The highest BCUT2D eigenvalue weighted by Crippen LogP contribution is 2.29. The second-order valence-electron chi connectivity index (χ2n) is 3.90. The summed E-state index contributed by atoms with van der Waals surface area (Å²) in [5, 5.41) is 18.3. The van der Waals surface area contributed by atoms with Crippen molar-refractivity contribution in [1.29, 1.82) is 5.26 Å². The quantitative estimate of drug-likeness (QED) is 0.910. The molecule has 6 heteroatoms. The maximum absolute atomic E-state index is 10.7. The van der Waals surface area contributed by atoms with Gasteiger partial charge in [-0.15, -0.1) is 0 Å². The predicted octanol–water partition coefficient (Wildman–Crippen LogP) is 3.48. The lowest BCUT2D eigenvalue weighted by molar-refractivity contribution is 0.0697. The molecule has 0 fully saturated rings. The van der Waals surface area contributed by atoms with Gasteiger partial charge in [-0.1, -0.05) is 35.3 Å². The number of aromatic amines is 1. The van der Waals surface area contributed by atoms with Crippen molar-refractivity contribution in [2.45, 2.75) is 6.42 Å². The first kappa shape index (κ1) is 13.5. The van der Waals surface area contributed by atoms with Crippen LogP contribution >= 0.6 is 23.2 Å². The molecule has 19 heavy (non-hydrogen) atoms. The van der Waals surface area contributed by atoms with Crippen molar-refractivity contribution in [2.24, 2.45) is 0 Å². The number of halogens is 2. The number of H-pyrrole nitrogens is 1. The van der Waals surface area contributed by atoms with E-state index in [4.69, 9.17) is 33.6 Å². The van der Waals surface area contributed by atoms with Crippen LogP contribution in [0.2, 0.25) is 10.2 Å². The molecule has 2 rings (SSSR count). The molecule has 0 atom stereocenters. The summed E-state index contributed by atoms with van der Waals surface area (Å²) < 4.78 is 0. The van der Waals surface area contributed by atoms with Crippen LogP contribution in [-0.2, 0) is 6.42 Å². The van der Waals surface area contributed by atoms with Crippen LogP contribution < -0.4 is 0 Å². The van der Waals surface area contributed by atoms with Crippen molar-refractivity contribution in [2.75, 3.05) is 0 Å². The summed E-state index contributed by atoms with van der Waals surface area (Å²) in [7, 11) is 0. The SMILES string of the molecule is N#Cc1c(Cc2ccc(C(=O)O)cc2)[nH]c(Cl)c1Cl. The van der Waals surface area contributed by atoms with E-state index in [1.54, 1.807) is 12.1 Å². The van der Waals surface area contributed by atoms with Gasteiger partial charge in [-0.2, -0.15) is 5.26 Å². The van der Waals surface area contributed by atoms with Gasteiger partial charge in [-0.3, -0.25) is 0 Å². The first-order chi connectivity index (χ1) is 9.02. The van der Waals surface area contributed by atoms with Gasteiger partial charge in [0.15, 0.2) is 0 Å². The number of aromatic carboxylic acids is 1. The Labute approximate surface area is 119 Å². The minimum atomic E-state index is -0.977. The van der Waals surface area contributed by atoms with Gasteiger partial charge in [0.2, 0.25) is 0 Å². The summed E-state index contributed by atoms with van der Waals surface area (Å²) >= 11 is 11.7. The summed E-state index contributed by atoms with van der Waals surface area (Å²) in [6.45, 7) is 0. The zero-order chi connectivity index (χ0) is 14.0. The second-order valence-corrected chi connectivity index (χ2v) is 4.65. The van der Waals surface area contributed by atoms with E-state index in [1.165, 1.54) is 12.1 Å². The van der Waals surface area contributed by atoms with Gasteiger partial charge < -0.3 is 10.1 Å². The molecule has 0 aliphatic rings. The maximum atomic E-state index is 10.7. The van der Waals surface area contributed by atoms with Crippen LogP contribution in [0.4, 0.5) is 0 Å². The van der Waals surface area contributed by atoms with Gasteiger partial charge >= 0.3 is 5.97 Å². The monoisotopic (exact) mass is 294 g/mol. The molecule has 0 radical (unpaired) electrons. The molecule has 1 aromatic heterocycles. The fourth-order valence-corrected chi connectivity index (χ4v) is 2.12. The van der Waals surface area contributed by atoms with Gasteiger partial charge in [-0.25, -0.2) is 4.79 Å². The number of benzene rings is 1. The number of nitrogens with zero attached hydrogens (tertiary/aromatic N) is 1. The number of rotatable bonds is 3. The average molecular weight is 295 g/mol. The minimum Gasteiger partial charge on any atom is -0.478 e. The highest BCUT2D eigenvalue weighted by Gasteiger charge is 2.14. The van der Waals surface area contributed by atoms with E-state index in [0.29, 0.717) is 17.7 Å². The molecule has 0 amide bonds. The lowest BCUT2D eigenvalue weighted by atomic mass is 10.1. The number of nitriles is 1. The fraction of sp³-hybridized carbons (Fsp3) is 0.0769. The van der Waals surface area contributed by atoms with Crippen LogP contribution in [0.3, 0.4) is 0 Å². The Bertz CT molecular complexity index is 669. The molecule has 0 unspecified atom stereocenters. The van der Waals surface area contributed by atoms with Crippen molar-refractivity contribution in [1.82, 2.24) is 4.98 Å². The first-order valence-electron chi connectivity index (χ1n) is 5.31. The molecule has 0 saturated carbocycles. The highest BCUT2D eigenvalue weighted by atomic mass is 35.5. The van der Waals surface area contributed by atoms with Crippen molar-refractivity contribution in [3.8, 4) is 6.07 Å². The largest absolute Gasteiger partial charge is 0.478 e. The molecule has 96 valence electrons. The Morgan fingerprint density at radius 1 is 1.32 bits per heavy atom. The van der Waals surface area contributed by atoms with Crippen molar-refractivity contribution in [3.63, 3.8) is 0 Å². The third-order valence-corrected chi connectivity index (χ3v) is 3.43. The standard InChI is InChI=1S/C13H8Cl2N2O2/c14-11-9(6-16)10(17-12(11)15)5-7-1-3-8(4-2-7)13(18)19/h1-4,17H,5H2,(H,18,19). The zero-order valence-corrected chi connectivity index (χ0v) is 11.1. The summed E-state index contributed by atoms with van der Waals surface area (Å²) in [4.78, 5) is 13.6. The number of carbonyl (C=O) groups is 1. The number of carboxylic acids is 1. The number of aromatic nitrogens is 1. The third kappa shape index (κ3) is 2.73. The summed E-state index contributed by atoms with van der Waals surface area (Å²) in [5.74, 6) is -0.977. The van der Waals surface area contributed by atoms with Gasteiger partial charge in [0.1, 0.15) is 11.2 Å². The van der Waals surface area contributed by atoms with E-state index in [1.807, 2.05) is 6.07 Å². The molecular weight excluding hydrogens is 287 g/mol. The molecule has 1 aromatic carbocycles. The van der Waals surface area contributed by atoms with Crippen molar-refractivity contribution >= 4 is 29.2 Å². The van der Waals surface area contributed by atoms with Gasteiger partial charge in [-0.05, 0) is 17.7 Å². The van der Waals surface area contributed by atoms with Crippen LogP contribution in [0.1, 0.15) is 27.2 Å². The van der Waals surface area contributed by atoms with Crippen LogP contribution in [-0.4, -0.2) is 16.1 Å². The van der Waals surface area contributed by atoms with E-state index in [2.05, 4.69) is 4.98 Å². The zero-order valence-electron chi connectivity index (χ0n) is 9.58. The van der Waals surface area contributed by atoms with Crippen LogP contribution in [0, 0.1) is 11.3 Å². The molecule has 1 heterocycles. The molecule has 0 aliphatic carbocycles. The molecule has 4 nitrogen and oxygen atoms in total. The molecule has 0 spiro atoms. The fourth-order valence-electron chi connectivity index (χ4n) is 1.71. The van der Waals surface area contributed by atoms with Crippen molar-refractivity contribution in [3.05, 3.63) is 56.8 Å². The number of hydrogen-bond acceptors (Lipinski definition) is 2. The molecular formula is C13H8Cl2N2O2. The Morgan fingerprint density at radius 3 is 2.47 bits per heavy atom. The normalized spacial score (nSPS) is 10.2. The molecule has 0 aliphatic heterocycles. The smallest absolute Gasteiger partial charge is 0.335 e. The topological polar surface area (TPSA) is 76.9 Å². The number of nitrogens with one attached hydrogen (secondary N) is 1. The summed E-state index contributed by atoms with van der Waals surface area (Å²) in [6.07, 6.45) is 0.426. The van der Waals surface area contributed by atoms with E-state index < -0.39 is 5.97 Å². The van der Waals surface area contributed by atoms with E-state index in [-0.39, 0.29) is 15.7 Å². The van der Waals surface area contributed by atoms with E-state index in [0.717, 1.165) is 5.56 Å². The second kappa shape index (κ2) is 5.35. The molecule has 0 bridgehead atoms. The van der Waals surface area contributed by atoms with Crippen LogP contribution in [0.5, 0.6) is 0 Å². The lowest BCUT2D eigenvalue weighted by Gasteiger charge is -2.01. The minimum absolute atomic E-state index is 0.210. The number of carboxylic acid groups (broad SMARTS) is 1. The molecule has 0 saturated heterocycles. The van der Waals surface area contributed by atoms with Gasteiger partial charge in [0.05, 0.1) is 16.1 Å². The summed E-state index contributed by atoms with van der Waals surface area (Å²) in [6, 6.07) is 8.39. The Balaban J connectivity index is 2.29. The average Bonchev–Trinajstić information content (AvgIpc) is 2.65. The van der Waals surface area contributed by atoms with Crippen LogP contribution in [0.15, 0.2) is 24.3 Å². The Morgan fingerprint density at radius 2 is 1.95 bits per heavy atom. The van der Waals surface area contributed by atoms with E-state index >= 15 is 0 Å². The third-order valence-electron chi connectivity index (χ3n) is 2.67. The highest BCUT2D eigenvalue weighted by molar-refractivity contribution is 6.42. The van der Waals surface area contributed by atoms with Gasteiger partial charge in [0, 0.05) is 12.1 Å². The van der Waals surface area contributed by atoms with Gasteiger partial charge in [0.25, 0.3) is 0 Å².